The minimum absolute atomic E-state index is 0.222. The Bertz CT molecular complexity index is 1320. The Morgan fingerprint density at radius 2 is 1.45 bits per heavy atom. The number of benzene rings is 4. The maximum atomic E-state index is 12.8. The fraction of sp³-hybridized carbons (Fsp3) is 0.0435. The molecule has 0 unspecified atom stereocenters. The SMILES string of the molecule is O=S(=O)(Nc1ccc(-c2ccc3c(c2)OCO3)c2ccccc12)c1ccccc1. The molecule has 1 aliphatic rings. The summed E-state index contributed by atoms with van der Waals surface area (Å²) >= 11 is 0. The van der Waals surface area contributed by atoms with Crippen LogP contribution in [0.1, 0.15) is 0 Å². The van der Waals surface area contributed by atoms with E-state index in [1.165, 1.54) is 0 Å². The van der Waals surface area contributed by atoms with Crippen LogP contribution in [0.4, 0.5) is 5.69 Å². The fourth-order valence-electron chi connectivity index (χ4n) is 3.51. The Kier molecular flexibility index (Phi) is 4.14. The van der Waals surface area contributed by atoms with Gasteiger partial charge in [0.25, 0.3) is 10.0 Å². The predicted octanol–water partition coefficient (Wildman–Crippen LogP) is 5.04. The number of hydrogen-bond donors (Lipinski definition) is 1. The zero-order chi connectivity index (χ0) is 19.8. The minimum Gasteiger partial charge on any atom is -0.454 e. The number of fused-ring (bicyclic) bond motifs is 2. The molecule has 0 aromatic heterocycles. The van der Waals surface area contributed by atoms with Crippen molar-refractivity contribution in [1.82, 2.24) is 0 Å². The molecule has 0 saturated heterocycles. The molecule has 0 radical (unpaired) electrons. The van der Waals surface area contributed by atoms with Crippen molar-refractivity contribution in [3.8, 4) is 22.6 Å². The summed E-state index contributed by atoms with van der Waals surface area (Å²) in [4.78, 5) is 0.226. The minimum atomic E-state index is -3.68. The van der Waals surface area contributed by atoms with Crippen LogP contribution >= 0.6 is 0 Å². The van der Waals surface area contributed by atoms with Crippen LogP contribution < -0.4 is 14.2 Å². The molecular formula is C23H17NO4S. The highest BCUT2D eigenvalue weighted by Gasteiger charge is 2.18. The van der Waals surface area contributed by atoms with Gasteiger partial charge in [0.1, 0.15) is 0 Å². The first-order valence-electron chi connectivity index (χ1n) is 9.11. The van der Waals surface area contributed by atoms with Crippen LogP contribution in [0.3, 0.4) is 0 Å². The lowest BCUT2D eigenvalue weighted by atomic mass is 9.97. The van der Waals surface area contributed by atoms with Crippen LogP contribution in [0.25, 0.3) is 21.9 Å². The van der Waals surface area contributed by atoms with E-state index in [0.29, 0.717) is 11.4 Å². The van der Waals surface area contributed by atoms with Gasteiger partial charge in [-0.25, -0.2) is 8.42 Å². The normalized spacial score (nSPS) is 12.8. The number of nitrogens with one attached hydrogen (secondary N) is 1. The Morgan fingerprint density at radius 1 is 0.724 bits per heavy atom. The molecule has 144 valence electrons. The summed E-state index contributed by atoms with van der Waals surface area (Å²) in [5, 5.41) is 1.77. The Labute approximate surface area is 168 Å². The predicted molar refractivity (Wildman–Crippen MR) is 113 cm³/mol. The second-order valence-corrected chi connectivity index (χ2v) is 8.38. The second kappa shape index (κ2) is 6.83. The van der Waals surface area contributed by atoms with Gasteiger partial charge in [-0.05, 0) is 46.8 Å². The van der Waals surface area contributed by atoms with Crippen molar-refractivity contribution >= 4 is 26.5 Å². The molecule has 29 heavy (non-hydrogen) atoms. The zero-order valence-corrected chi connectivity index (χ0v) is 16.1. The van der Waals surface area contributed by atoms with Gasteiger partial charge in [0.05, 0.1) is 10.6 Å². The molecular weight excluding hydrogens is 386 g/mol. The lowest BCUT2D eigenvalue weighted by Crippen LogP contribution is -2.13. The van der Waals surface area contributed by atoms with E-state index in [1.54, 1.807) is 36.4 Å². The van der Waals surface area contributed by atoms with E-state index in [-0.39, 0.29) is 11.7 Å². The van der Waals surface area contributed by atoms with Crippen LogP contribution in [-0.2, 0) is 10.0 Å². The van der Waals surface area contributed by atoms with Crippen molar-refractivity contribution in [2.45, 2.75) is 4.90 Å². The number of rotatable bonds is 4. The highest BCUT2D eigenvalue weighted by atomic mass is 32.2. The van der Waals surface area contributed by atoms with E-state index in [4.69, 9.17) is 9.47 Å². The van der Waals surface area contributed by atoms with Crippen molar-refractivity contribution in [2.24, 2.45) is 0 Å². The van der Waals surface area contributed by atoms with E-state index >= 15 is 0 Å². The summed E-state index contributed by atoms with van der Waals surface area (Å²) in [7, 11) is -3.68. The van der Waals surface area contributed by atoms with E-state index in [1.807, 2.05) is 48.5 Å². The average molecular weight is 403 g/mol. The summed E-state index contributed by atoms with van der Waals surface area (Å²) < 4.78 is 39.2. The quantitative estimate of drug-likeness (QED) is 0.519. The zero-order valence-electron chi connectivity index (χ0n) is 15.3. The first kappa shape index (κ1) is 17.6. The molecule has 0 fully saturated rings. The first-order valence-corrected chi connectivity index (χ1v) is 10.6. The number of sulfonamides is 1. The van der Waals surface area contributed by atoms with Crippen LogP contribution in [0.15, 0.2) is 89.8 Å². The maximum absolute atomic E-state index is 12.8. The highest BCUT2D eigenvalue weighted by molar-refractivity contribution is 7.92. The van der Waals surface area contributed by atoms with E-state index < -0.39 is 10.0 Å². The third-order valence-electron chi connectivity index (χ3n) is 4.91. The summed E-state index contributed by atoms with van der Waals surface area (Å²) in [6.07, 6.45) is 0. The number of hydrogen-bond acceptors (Lipinski definition) is 4. The highest BCUT2D eigenvalue weighted by Crippen LogP contribution is 2.39. The Morgan fingerprint density at radius 3 is 2.28 bits per heavy atom. The lowest BCUT2D eigenvalue weighted by Gasteiger charge is -2.14. The van der Waals surface area contributed by atoms with Gasteiger partial charge in [-0.2, -0.15) is 0 Å². The molecule has 1 aliphatic heterocycles. The molecule has 6 heteroatoms. The molecule has 0 atom stereocenters. The fourth-order valence-corrected chi connectivity index (χ4v) is 4.61. The smallest absolute Gasteiger partial charge is 0.261 e. The van der Waals surface area contributed by atoms with E-state index in [0.717, 1.165) is 27.6 Å². The second-order valence-electron chi connectivity index (χ2n) is 6.69. The van der Waals surface area contributed by atoms with Gasteiger partial charge in [-0.15, -0.1) is 0 Å². The summed E-state index contributed by atoms with van der Waals surface area (Å²) in [6.45, 7) is 0.222. The third kappa shape index (κ3) is 3.17. The van der Waals surface area contributed by atoms with Gasteiger partial charge in [-0.3, -0.25) is 4.72 Å². The first-order chi connectivity index (χ1) is 14.1. The monoisotopic (exact) mass is 403 g/mol. The number of anilines is 1. The summed E-state index contributed by atoms with van der Waals surface area (Å²) in [5.41, 5.74) is 2.50. The van der Waals surface area contributed by atoms with Gasteiger partial charge in [0.2, 0.25) is 6.79 Å². The Balaban J connectivity index is 1.61. The van der Waals surface area contributed by atoms with Gasteiger partial charge in [-0.1, -0.05) is 54.6 Å². The molecule has 0 saturated carbocycles. The van der Waals surface area contributed by atoms with Gasteiger partial charge >= 0.3 is 0 Å². The third-order valence-corrected chi connectivity index (χ3v) is 6.29. The van der Waals surface area contributed by atoms with E-state index in [2.05, 4.69) is 4.72 Å². The van der Waals surface area contributed by atoms with Crippen molar-refractivity contribution in [1.29, 1.82) is 0 Å². The van der Waals surface area contributed by atoms with E-state index in [9.17, 15) is 8.42 Å². The molecule has 5 nitrogen and oxygen atoms in total. The van der Waals surface area contributed by atoms with Crippen LogP contribution in [-0.4, -0.2) is 15.2 Å². The molecule has 5 rings (SSSR count). The average Bonchev–Trinajstić information content (AvgIpc) is 3.22. The maximum Gasteiger partial charge on any atom is 0.261 e. The molecule has 0 amide bonds. The topological polar surface area (TPSA) is 64.6 Å². The molecule has 0 bridgehead atoms. The van der Waals surface area contributed by atoms with Gasteiger partial charge < -0.3 is 9.47 Å². The lowest BCUT2D eigenvalue weighted by molar-refractivity contribution is 0.174. The molecule has 0 aliphatic carbocycles. The van der Waals surface area contributed by atoms with Crippen LogP contribution in [0.2, 0.25) is 0 Å². The molecule has 4 aromatic carbocycles. The van der Waals surface area contributed by atoms with Crippen molar-refractivity contribution in [2.75, 3.05) is 11.5 Å². The molecule has 1 N–H and O–H groups in total. The van der Waals surface area contributed by atoms with Gasteiger partial charge in [0, 0.05) is 5.39 Å². The van der Waals surface area contributed by atoms with Crippen LogP contribution in [0.5, 0.6) is 11.5 Å². The standard InChI is InChI=1S/C23H17NO4S/c25-29(26,17-6-2-1-3-7-17)24-21-12-11-18(19-8-4-5-9-20(19)21)16-10-13-22-23(14-16)28-15-27-22/h1-14,24H,15H2. The molecule has 4 aromatic rings. The molecule has 1 heterocycles. The van der Waals surface area contributed by atoms with Crippen molar-refractivity contribution in [3.63, 3.8) is 0 Å². The summed E-state index contributed by atoms with van der Waals surface area (Å²) in [6, 6.07) is 25.6. The van der Waals surface area contributed by atoms with Crippen molar-refractivity contribution < 1.29 is 17.9 Å². The van der Waals surface area contributed by atoms with Crippen molar-refractivity contribution in [3.05, 3.63) is 84.9 Å². The van der Waals surface area contributed by atoms with Crippen LogP contribution in [0, 0.1) is 0 Å². The summed E-state index contributed by atoms with van der Waals surface area (Å²) in [5.74, 6) is 1.44. The number of ether oxygens (including phenoxy) is 2. The van der Waals surface area contributed by atoms with Gasteiger partial charge in [0.15, 0.2) is 11.5 Å². The largest absolute Gasteiger partial charge is 0.454 e. The molecule has 0 spiro atoms. The Hall–Kier alpha value is -3.51.